The van der Waals surface area contributed by atoms with Gasteiger partial charge in [0.05, 0.1) is 21.6 Å². The van der Waals surface area contributed by atoms with Crippen molar-refractivity contribution >= 4 is 32.7 Å². The molecule has 0 spiro atoms. The van der Waals surface area contributed by atoms with E-state index in [0.29, 0.717) is 22.5 Å². The summed E-state index contributed by atoms with van der Waals surface area (Å²) in [6.45, 7) is 9.61. The van der Waals surface area contributed by atoms with Crippen LogP contribution in [0.4, 0.5) is 5.69 Å². The lowest BCUT2D eigenvalue weighted by Crippen LogP contribution is -2.17. The first-order valence-corrected chi connectivity index (χ1v) is 12.9. The standard InChI is InChI=1S/C27H29N3O4S/c1-16-17(2)19(4)27(20(5)18(16)3)35(33,34)29-22-10-11-25-24(14-22)28-15-30(25)23-8-6-7-21(13-23)9-12-26(31)32/h6-8,10-11,13-15,29H,9,12H2,1-5H3,(H,31,32). The highest BCUT2D eigenvalue weighted by Gasteiger charge is 2.24. The zero-order valence-electron chi connectivity index (χ0n) is 20.5. The van der Waals surface area contributed by atoms with E-state index < -0.39 is 16.0 Å². The van der Waals surface area contributed by atoms with Gasteiger partial charge in [0, 0.05) is 12.1 Å². The molecule has 0 bridgehead atoms. The lowest BCUT2D eigenvalue weighted by Gasteiger charge is -2.19. The quantitative estimate of drug-likeness (QED) is 0.361. The third kappa shape index (κ3) is 4.66. The van der Waals surface area contributed by atoms with Crippen LogP contribution in [0.3, 0.4) is 0 Å². The number of hydrogen-bond donors (Lipinski definition) is 2. The Kier molecular flexibility index (Phi) is 6.42. The average Bonchev–Trinajstić information content (AvgIpc) is 3.23. The molecule has 1 aromatic heterocycles. The molecule has 2 N–H and O–H groups in total. The molecule has 0 aliphatic carbocycles. The number of nitrogens with one attached hydrogen (secondary N) is 1. The van der Waals surface area contributed by atoms with Gasteiger partial charge in [0.25, 0.3) is 10.0 Å². The Morgan fingerprint density at radius 2 is 1.60 bits per heavy atom. The Morgan fingerprint density at radius 3 is 2.26 bits per heavy atom. The molecule has 0 amide bonds. The van der Waals surface area contributed by atoms with Crippen molar-refractivity contribution in [2.24, 2.45) is 0 Å². The predicted octanol–water partition coefficient (Wildman–Crippen LogP) is 5.39. The Labute approximate surface area is 205 Å². The highest BCUT2D eigenvalue weighted by molar-refractivity contribution is 7.92. The lowest BCUT2D eigenvalue weighted by atomic mass is 9.95. The van der Waals surface area contributed by atoms with Crippen LogP contribution in [0.15, 0.2) is 53.7 Å². The van der Waals surface area contributed by atoms with E-state index in [1.165, 1.54) is 0 Å². The van der Waals surface area contributed by atoms with Crippen molar-refractivity contribution in [3.8, 4) is 5.69 Å². The van der Waals surface area contributed by atoms with Crippen LogP contribution in [0.1, 0.15) is 39.8 Å². The highest BCUT2D eigenvalue weighted by Crippen LogP contribution is 2.31. The SMILES string of the molecule is Cc1c(C)c(C)c(S(=O)(=O)Nc2ccc3c(c2)ncn3-c2cccc(CCC(=O)O)c2)c(C)c1C. The fourth-order valence-corrected chi connectivity index (χ4v) is 6.12. The normalized spacial score (nSPS) is 11.7. The Morgan fingerprint density at radius 1 is 0.943 bits per heavy atom. The molecule has 1 heterocycles. The number of nitrogens with zero attached hydrogens (tertiary/aromatic N) is 2. The fourth-order valence-electron chi connectivity index (χ4n) is 4.47. The number of aliphatic carboxylic acids is 1. The first kappa shape index (κ1) is 24.5. The Bertz CT molecular complexity index is 1540. The highest BCUT2D eigenvalue weighted by atomic mass is 32.2. The van der Waals surface area contributed by atoms with E-state index in [1.807, 2.05) is 69.5 Å². The molecular weight excluding hydrogens is 462 g/mol. The monoisotopic (exact) mass is 491 g/mol. The largest absolute Gasteiger partial charge is 0.481 e. The van der Waals surface area contributed by atoms with Crippen molar-refractivity contribution in [3.05, 3.63) is 82.2 Å². The van der Waals surface area contributed by atoms with Gasteiger partial charge >= 0.3 is 5.97 Å². The topological polar surface area (TPSA) is 101 Å². The molecule has 3 aromatic carbocycles. The Hall–Kier alpha value is -3.65. The number of aryl methyl sites for hydroxylation is 1. The average molecular weight is 492 g/mol. The molecule has 0 radical (unpaired) electrons. The minimum absolute atomic E-state index is 0.0661. The number of aromatic nitrogens is 2. The summed E-state index contributed by atoms with van der Waals surface area (Å²) in [7, 11) is -3.80. The number of rotatable bonds is 7. The van der Waals surface area contributed by atoms with E-state index in [-0.39, 0.29) is 6.42 Å². The maximum Gasteiger partial charge on any atom is 0.303 e. The van der Waals surface area contributed by atoms with Gasteiger partial charge in [-0.15, -0.1) is 0 Å². The summed E-state index contributed by atoms with van der Waals surface area (Å²) in [4.78, 5) is 15.7. The zero-order valence-corrected chi connectivity index (χ0v) is 21.3. The number of carboxylic acids is 1. The first-order chi connectivity index (χ1) is 16.5. The van der Waals surface area contributed by atoms with E-state index in [4.69, 9.17) is 5.11 Å². The van der Waals surface area contributed by atoms with Crippen LogP contribution < -0.4 is 4.72 Å². The van der Waals surface area contributed by atoms with Crippen LogP contribution in [0.25, 0.3) is 16.7 Å². The molecule has 0 aliphatic heterocycles. The van der Waals surface area contributed by atoms with Gasteiger partial charge in [-0.25, -0.2) is 13.4 Å². The smallest absolute Gasteiger partial charge is 0.303 e. The maximum absolute atomic E-state index is 13.4. The third-order valence-corrected chi connectivity index (χ3v) is 8.47. The van der Waals surface area contributed by atoms with Gasteiger partial charge in [0.2, 0.25) is 0 Å². The van der Waals surface area contributed by atoms with Gasteiger partial charge in [-0.2, -0.15) is 0 Å². The fraction of sp³-hybridized carbons (Fsp3) is 0.259. The number of imidazole rings is 1. The maximum atomic E-state index is 13.4. The molecule has 0 atom stereocenters. The number of anilines is 1. The summed E-state index contributed by atoms with van der Waals surface area (Å²) in [5.41, 5.74) is 8.26. The molecule has 182 valence electrons. The van der Waals surface area contributed by atoms with E-state index in [2.05, 4.69) is 9.71 Å². The summed E-state index contributed by atoms with van der Waals surface area (Å²) < 4.78 is 31.4. The first-order valence-electron chi connectivity index (χ1n) is 11.4. The number of fused-ring (bicyclic) bond motifs is 1. The van der Waals surface area contributed by atoms with Gasteiger partial charge < -0.3 is 5.11 Å². The molecule has 0 aliphatic rings. The summed E-state index contributed by atoms with van der Waals surface area (Å²) in [5.74, 6) is -0.834. The molecule has 0 unspecified atom stereocenters. The molecule has 7 nitrogen and oxygen atoms in total. The second kappa shape index (κ2) is 9.19. The molecular formula is C27H29N3O4S. The van der Waals surface area contributed by atoms with Crippen LogP contribution in [0.5, 0.6) is 0 Å². The third-order valence-electron chi connectivity index (χ3n) is 6.82. The number of hydrogen-bond acceptors (Lipinski definition) is 4. The second-order valence-electron chi connectivity index (χ2n) is 8.94. The Balaban J connectivity index is 1.67. The van der Waals surface area contributed by atoms with Gasteiger partial charge in [-0.1, -0.05) is 12.1 Å². The minimum Gasteiger partial charge on any atom is -0.481 e. The summed E-state index contributed by atoms with van der Waals surface area (Å²) >= 11 is 0. The van der Waals surface area contributed by atoms with Crippen molar-refractivity contribution in [2.45, 2.75) is 52.4 Å². The lowest BCUT2D eigenvalue weighted by molar-refractivity contribution is -0.136. The van der Waals surface area contributed by atoms with Crippen molar-refractivity contribution < 1.29 is 18.3 Å². The molecule has 0 saturated carbocycles. The van der Waals surface area contributed by atoms with Crippen molar-refractivity contribution in [1.82, 2.24) is 9.55 Å². The number of carbonyl (C=O) groups is 1. The molecule has 8 heteroatoms. The van der Waals surface area contributed by atoms with E-state index in [1.54, 1.807) is 18.5 Å². The molecule has 0 saturated heterocycles. The minimum atomic E-state index is -3.80. The number of benzene rings is 3. The predicted molar refractivity (Wildman–Crippen MR) is 138 cm³/mol. The van der Waals surface area contributed by atoms with E-state index in [9.17, 15) is 13.2 Å². The van der Waals surface area contributed by atoms with Gasteiger partial charge in [0.15, 0.2) is 0 Å². The number of carboxylic acid groups (broad SMARTS) is 1. The molecule has 0 fully saturated rings. The van der Waals surface area contributed by atoms with Crippen molar-refractivity contribution in [2.75, 3.05) is 4.72 Å². The van der Waals surface area contributed by atoms with E-state index >= 15 is 0 Å². The summed E-state index contributed by atoms with van der Waals surface area (Å²) in [6.07, 6.45) is 2.19. The molecule has 4 aromatic rings. The molecule has 4 rings (SSSR count). The number of sulfonamides is 1. The van der Waals surface area contributed by atoms with Gasteiger partial charge in [-0.3, -0.25) is 14.1 Å². The molecule has 35 heavy (non-hydrogen) atoms. The van der Waals surface area contributed by atoms with Crippen molar-refractivity contribution in [1.29, 1.82) is 0 Å². The van der Waals surface area contributed by atoms with Crippen LogP contribution >= 0.6 is 0 Å². The van der Waals surface area contributed by atoms with Crippen LogP contribution in [-0.2, 0) is 21.2 Å². The second-order valence-corrected chi connectivity index (χ2v) is 10.6. The van der Waals surface area contributed by atoms with Crippen LogP contribution in [0.2, 0.25) is 0 Å². The summed E-state index contributed by atoms with van der Waals surface area (Å²) in [6, 6.07) is 12.9. The zero-order chi connectivity index (χ0) is 25.5. The van der Waals surface area contributed by atoms with Crippen LogP contribution in [-0.4, -0.2) is 29.0 Å². The summed E-state index contributed by atoms with van der Waals surface area (Å²) in [5, 5.41) is 8.95. The van der Waals surface area contributed by atoms with Crippen molar-refractivity contribution in [3.63, 3.8) is 0 Å². The van der Waals surface area contributed by atoms with Gasteiger partial charge in [0.1, 0.15) is 6.33 Å². The van der Waals surface area contributed by atoms with E-state index in [0.717, 1.165) is 44.6 Å². The van der Waals surface area contributed by atoms with Gasteiger partial charge in [-0.05, 0) is 105 Å². The van der Waals surface area contributed by atoms with Crippen LogP contribution in [0, 0.1) is 34.6 Å².